The molecule has 2 unspecified atom stereocenters. The highest BCUT2D eigenvalue weighted by molar-refractivity contribution is 5.85. The molecule has 0 aliphatic carbocycles. The van der Waals surface area contributed by atoms with Gasteiger partial charge in [0.1, 0.15) is 0 Å². The smallest absolute Gasteiger partial charge is 0.0515 e. The molecule has 2 atom stereocenters. The minimum atomic E-state index is 0. The van der Waals surface area contributed by atoms with E-state index in [1.165, 1.54) is 6.42 Å². The Hall–Kier alpha value is 0.420. The van der Waals surface area contributed by atoms with Crippen molar-refractivity contribution >= 4 is 24.8 Å². The molecule has 2 aliphatic heterocycles. The second kappa shape index (κ2) is 8.56. The van der Waals surface area contributed by atoms with Crippen molar-refractivity contribution in [2.75, 3.05) is 53.0 Å². The first-order valence-electron chi connectivity index (χ1n) is 6.33. The average molecular weight is 301 g/mol. The van der Waals surface area contributed by atoms with Gasteiger partial charge in [0.25, 0.3) is 0 Å². The highest BCUT2D eigenvalue weighted by Gasteiger charge is 2.48. The first kappa shape index (κ1) is 18.4. The monoisotopic (exact) mass is 300 g/mol. The summed E-state index contributed by atoms with van der Waals surface area (Å²) < 4.78 is 5.05. The average Bonchev–Trinajstić information content (AvgIpc) is 2.81. The van der Waals surface area contributed by atoms with E-state index in [1.54, 1.807) is 7.11 Å². The summed E-state index contributed by atoms with van der Waals surface area (Å²) in [6.45, 7) is 6.64. The molecule has 0 aromatic rings. The van der Waals surface area contributed by atoms with Crippen molar-refractivity contribution < 1.29 is 9.84 Å². The predicted molar refractivity (Wildman–Crippen MR) is 77.9 cm³/mol. The number of fused-ring (bicyclic) bond motifs is 1. The third kappa shape index (κ3) is 3.95. The first-order chi connectivity index (χ1) is 7.80. The van der Waals surface area contributed by atoms with Gasteiger partial charge in [0.15, 0.2) is 0 Å². The van der Waals surface area contributed by atoms with Crippen molar-refractivity contribution in [2.24, 2.45) is 11.3 Å². The van der Waals surface area contributed by atoms with E-state index < -0.39 is 0 Å². The van der Waals surface area contributed by atoms with E-state index in [0.29, 0.717) is 12.5 Å². The molecule has 0 saturated carbocycles. The maximum absolute atomic E-state index is 9.57. The van der Waals surface area contributed by atoms with Crippen molar-refractivity contribution in [1.29, 1.82) is 0 Å². The maximum atomic E-state index is 9.57. The van der Waals surface area contributed by atoms with Gasteiger partial charge in [-0.05, 0) is 31.8 Å². The molecule has 110 valence electrons. The molecule has 2 N–H and O–H groups in total. The number of aliphatic hydroxyl groups is 1. The molecule has 2 rings (SSSR count). The van der Waals surface area contributed by atoms with Crippen LogP contribution >= 0.6 is 24.8 Å². The van der Waals surface area contributed by atoms with E-state index in [2.05, 4.69) is 10.2 Å². The van der Waals surface area contributed by atoms with Crippen LogP contribution in [0.4, 0.5) is 0 Å². The predicted octanol–water partition coefficient (Wildman–Crippen LogP) is 0.770. The number of unbranched alkanes of at least 4 members (excludes halogenated alkanes) is 1. The van der Waals surface area contributed by atoms with Crippen LogP contribution in [0.15, 0.2) is 0 Å². The third-order valence-corrected chi connectivity index (χ3v) is 4.14. The van der Waals surface area contributed by atoms with Gasteiger partial charge in [-0.15, -0.1) is 24.8 Å². The van der Waals surface area contributed by atoms with E-state index >= 15 is 0 Å². The van der Waals surface area contributed by atoms with Gasteiger partial charge in [-0.2, -0.15) is 0 Å². The number of hydrogen-bond acceptors (Lipinski definition) is 4. The number of rotatable bonds is 6. The zero-order valence-electron chi connectivity index (χ0n) is 11.1. The number of likely N-dealkylation sites (tertiary alicyclic amines) is 1. The Labute approximate surface area is 122 Å². The lowest BCUT2D eigenvalue weighted by Gasteiger charge is -2.25. The van der Waals surface area contributed by atoms with Gasteiger partial charge in [0.2, 0.25) is 0 Å². The zero-order valence-corrected chi connectivity index (χ0v) is 12.7. The molecule has 0 radical (unpaired) electrons. The van der Waals surface area contributed by atoms with Crippen LogP contribution in [-0.2, 0) is 4.74 Å². The molecular formula is C12H26Cl2N2O2. The lowest BCUT2D eigenvalue weighted by molar-refractivity contribution is 0.123. The molecule has 2 saturated heterocycles. The van der Waals surface area contributed by atoms with Gasteiger partial charge in [-0.25, -0.2) is 0 Å². The van der Waals surface area contributed by atoms with Crippen LogP contribution in [0, 0.1) is 11.3 Å². The standard InChI is InChI=1S/C12H24N2O2.2ClH/c1-16-5-3-2-4-14-7-11-6-13-8-12(11,9-14)10-15;;/h11,13,15H,2-10H2,1H3;2*1H. The highest BCUT2D eigenvalue weighted by Crippen LogP contribution is 2.38. The van der Waals surface area contributed by atoms with E-state index in [4.69, 9.17) is 4.74 Å². The molecule has 0 spiro atoms. The molecule has 0 amide bonds. The van der Waals surface area contributed by atoms with Crippen LogP contribution in [0.2, 0.25) is 0 Å². The van der Waals surface area contributed by atoms with E-state index in [-0.39, 0.29) is 30.2 Å². The molecular weight excluding hydrogens is 275 g/mol. The molecule has 2 fully saturated rings. The van der Waals surface area contributed by atoms with Gasteiger partial charge in [-0.1, -0.05) is 0 Å². The summed E-state index contributed by atoms with van der Waals surface area (Å²) in [4.78, 5) is 2.51. The zero-order chi connectivity index (χ0) is 11.4. The molecule has 18 heavy (non-hydrogen) atoms. The van der Waals surface area contributed by atoms with Crippen molar-refractivity contribution in [2.45, 2.75) is 12.8 Å². The van der Waals surface area contributed by atoms with Gasteiger partial charge in [0.05, 0.1) is 6.61 Å². The maximum Gasteiger partial charge on any atom is 0.0515 e. The van der Waals surface area contributed by atoms with E-state index in [1.807, 2.05) is 0 Å². The van der Waals surface area contributed by atoms with Crippen molar-refractivity contribution in [3.05, 3.63) is 0 Å². The fourth-order valence-corrected chi connectivity index (χ4v) is 3.11. The Morgan fingerprint density at radius 3 is 2.78 bits per heavy atom. The molecule has 0 aromatic carbocycles. The number of aliphatic hydroxyl groups excluding tert-OH is 1. The lowest BCUT2D eigenvalue weighted by atomic mass is 9.82. The third-order valence-electron chi connectivity index (χ3n) is 4.14. The number of ether oxygens (including phenoxy) is 1. The minimum absolute atomic E-state index is 0. The van der Waals surface area contributed by atoms with E-state index in [9.17, 15) is 5.11 Å². The van der Waals surface area contributed by atoms with Crippen LogP contribution in [0.25, 0.3) is 0 Å². The van der Waals surface area contributed by atoms with Gasteiger partial charge < -0.3 is 20.1 Å². The van der Waals surface area contributed by atoms with Gasteiger partial charge >= 0.3 is 0 Å². The largest absolute Gasteiger partial charge is 0.396 e. The van der Waals surface area contributed by atoms with Crippen LogP contribution in [0.1, 0.15) is 12.8 Å². The Bertz CT molecular complexity index is 234. The summed E-state index contributed by atoms with van der Waals surface area (Å²) in [6, 6.07) is 0. The summed E-state index contributed by atoms with van der Waals surface area (Å²) in [7, 11) is 1.76. The minimum Gasteiger partial charge on any atom is -0.396 e. The summed E-state index contributed by atoms with van der Waals surface area (Å²) in [5, 5.41) is 13.0. The Balaban J connectivity index is 0.00000144. The molecule has 0 bridgehead atoms. The topological polar surface area (TPSA) is 44.7 Å². The molecule has 0 aromatic heterocycles. The van der Waals surface area contributed by atoms with Crippen LogP contribution in [0.3, 0.4) is 0 Å². The van der Waals surface area contributed by atoms with Gasteiger partial charge in [-0.3, -0.25) is 0 Å². The number of nitrogens with zero attached hydrogens (tertiary/aromatic N) is 1. The molecule has 6 heteroatoms. The second-order valence-electron chi connectivity index (χ2n) is 5.28. The Morgan fingerprint density at radius 2 is 2.17 bits per heavy atom. The summed E-state index contributed by atoms with van der Waals surface area (Å²) in [5.41, 5.74) is 0.154. The molecule has 4 nitrogen and oxygen atoms in total. The number of hydrogen-bond donors (Lipinski definition) is 2. The molecule has 2 aliphatic rings. The SMILES string of the molecule is COCCCCN1CC2CNCC2(CO)C1.Cl.Cl. The van der Waals surface area contributed by atoms with Crippen molar-refractivity contribution in [1.82, 2.24) is 10.2 Å². The second-order valence-corrected chi connectivity index (χ2v) is 5.28. The fraction of sp³-hybridized carbons (Fsp3) is 1.00. The fourth-order valence-electron chi connectivity index (χ4n) is 3.11. The quantitative estimate of drug-likeness (QED) is 0.711. The molecule has 2 heterocycles. The van der Waals surface area contributed by atoms with Crippen molar-refractivity contribution in [3.8, 4) is 0 Å². The lowest BCUT2D eigenvalue weighted by Crippen LogP contribution is -2.36. The number of nitrogens with one attached hydrogen (secondary N) is 1. The summed E-state index contributed by atoms with van der Waals surface area (Å²) >= 11 is 0. The number of methoxy groups -OCH3 is 1. The van der Waals surface area contributed by atoms with Crippen LogP contribution in [0.5, 0.6) is 0 Å². The van der Waals surface area contributed by atoms with Gasteiger partial charge in [0, 0.05) is 38.8 Å². The summed E-state index contributed by atoms with van der Waals surface area (Å²) in [6.07, 6.45) is 2.34. The highest BCUT2D eigenvalue weighted by atomic mass is 35.5. The number of halogens is 2. The normalized spacial score (nSPS) is 30.7. The first-order valence-corrected chi connectivity index (χ1v) is 6.33. The summed E-state index contributed by atoms with van der Waals surface area (Å²) in [5.74, 6) is 0.653. The van der Waals surface area contributed by atoms with Crippen LogP contribution < -0.4 is 5.32 Å². The Kier molecular flexibility index (Phi) is 8.76. The van der Waals surface area contributed by atoms with Crippen LogP contribution in [-0.4, -0.2) is 63.1 Å². The van der Waals surface area contributed by atoms with E-state index in [0.717, 1.165) is 45.8 Å². The Morgan fingerprint density at radius 1 is 1.39 bits per heavy atom. The van der Waals surface area contributed by atoms with Crippen molar-refractivity contribution in [3.63, 3.8) is 0 Å².